The maximum Gasteiger partial charge on any atom is 0.348 e. The molecule has 0 fully saturated rings. The number of ether oxygens (including phenoxy) is 4. The molecule has 0 saturated heterocycles. The van der Waals surface area contributed by atoms with E-state index in [0.29, 0.717) is 5.56 Å². The summed E-state index contributed by atoms with van der Waals surface area (Å²) in [5.74, 6) is 0.597. The monoisotopic (exact) mass is 300 g/mol. The van der Waals surface area contributed by atoms with E-state index in [-0.39, 0.29) is 34.8 Å². The van der Waals surface area contributed by atoms with Gasteiger partial charge in [0, 0.05) is 5.56 Å². The fraction of sp³-hybridized carbons (Fsp3) is 0.133. The van der Waals surface area contributed by atoms with Gasteiger partial charge in [0.15, 0.2) is 0 Å². The minimum absolute atomic E-state index is 0.00471. The summed E-state index contributed by atoms with van der Waals surface area (Å²) >= 11 is 0. The smallest absolute Gasteiger partial charge is 0.348 e. The highest BCUT2D eigenvalue weighted by atomic mass is 16.5. The fourth-order valence-electron chi connectivity index (χ4n) is 2.01. The molecule has 1 aromatic heterocycles. The lowest BCUT2D eigenvalue weighted by atomic mass is 10.1. The van der Waals surface area contributed by atoms with Gasteiger partial charge >= 0.3 is 12.0 Å². The first kappa shape index (κ1) is 13.9. The number of hydrogen-bond acceptors (Lipinski definition) is 7. The van der Waals surface area contributed by atoms with Gasteiger partial charge in [-0.1, -0.05) is 18.7 Å². The van der Waals surface area contributed by atoms with E-state index < -0.39 is 5.97 Å². The van der Waals surface area contributed by atoms with Crippen LogP contribution in [0.2, 0.25) is 0 Å². The molecular weight excluding hydrogens is 288 g/mol. The number of benzene rings is 1. The van der Waals surface area contributed by atoms with Crippen molar-refractivity contribution in [3.63, 3.8) is 0 Å². The summed E-state index contributed by atoms with van der Waals surface area (Å²) in [6.07, 6.45) is 0. The van der Waals surface area contributed by atoms with Crippen LogP contribution in [-0.2, 0) is 4.74 Å². The lowest BCUT2D eigenvalue weighted by Crippen LogP contribution is -2.01. The van der Waals surface area contributed by atoms with Crippen LogP contribution in [0.15, 0.2) is 30.8 Å². The van der Waals surface area contributed by atoms with Crippen molar-refractivity contribution in [1.82, 2.24) is 9.97 Å². The van der Waals surface area contributed by atoms with Gasteiger partial charge in [0.1, 0.15) is 17.1 Å². The topological polar surface area (TPSA) is 79.8 Å². The summed E-state index contributed by atoms with van der Waals surface area (Å²) in [6.45, 7) is 3.68. The van der Waals surface area contributed by atoms with Crippen molar-refractivity contribution in [2.75, 3.05) is 14.2 Å². The van der Waals surface area contributed by atoms with Crippen LogP contribution in [0.5, 0.6) is 23.5 Å². The van der Waals surface area contributed by atoms with Crippen LogP contribution >= 0.6 is 0 Å². The lowest BCUT2D eigenvalue weighted by molar-refractivity contribution is 0.0714. The maximum atomic E-state index is 11.9. The summed E-state index contributed by atoms with van der Waals surface area (Å²) < 4.78 is 20.7. The number of hydrogen-bond donors (Lipinski definition) is 0. The van der Waals surface area contributed by atoms with Crippen molar-refractivity contribution >= 4 is 11.7 Å². The van der Waals surface area contributed by atoms with Gasteiger partial charge in [0.25, 0.3) is 0 Å². The van der Waals surface area contributed by atoms with Crippen molar-refractivity contribution in [3.8, 4) is 23.5 Å². The summed E-state index contributed by atoms with van der Waals surface area (Å²) in [4.78, 5) is 20.0. The maximum absolute atomic E-state index is 11.9. The molecule has 1 aliphatic rings. The highest BCUT2D eigenvalue weighted by Gasteiger charge is 2.29. The van der Waals surface area contributed by atoms with Crippen molar-refractivity contribution < 1.29 is 23.7 Å². The quantitative estimate of drug-likeness (QED) is 0.802. The molecule has 0 spiro atoms. The van der Waals surface area contributed by atoms with Crippen molar-refractivity contribution in [1.29, 1.82) is 0 Å². The Balaban J connectivity index is 2.01. The molecule has 0 N–H and O–H groups in total. The average molecular weight is 300 g/mol. The third-order valence-corrected chi connectivity index (χ3v) is 3.02. The van der Waals surface area contributed by atoms with Crippen LogP contribution in [0, 0.1) is 0 Å². The number of aromatic nitrogens is 2. The van der Waals surface area contributed by atoms with Gasteiger partial charge < -0.3 is 18.9 Å². The number of carbonyl (C=O) groups excluding carboxylic acids is 1. The molecule has 0 unspecified atom stereocenters. The van der Waals surface area contributed by atoms with Gasteiger partial charge in [-0.3, -0.25) is 0 Å². The Morgan fingerprint density at radius 2 is 1.82 bits per heavy atom. The highest BCUT2D eigenvalue weighted by molar-refractivity contribution is 6.04. The molecule has 0 bridgehead atoms. The zero-order valence-corrected chi connectivity index (χ0v) is 12.0. The average Bonchev–Trinajstić information content (AvgIpc) is 2.82. The van der Waals surface area contributed by atoms with Gasteiger partial charge in [-0.25, -0.2) is 4.79 Å². The van der Waals surface area contributed by atoms with E-state index in [9.17, 15) is 4.79 Å². The standard InChI is InChI=1S/C15H12N2O5/c1-8-9-5-4-6-10(13(9)14(18)21-8)22-15-16-11(19-2)7-12(17-15)20-3/h4-7H,1H2,2-3H3. The second-order valence-corrected chi connectivity index (χ2v) is 4.33. The van der Waals surface area contributed by atoms with Crippen LogP contribution in [0.4, 0.5) is 0 Å². The van der Waals surface area contributed by atoms with E-state index in [4.69, 9.17) is 18.9 Å². The first-order chi connectivity index (χ1) is 10.6. The molecule has 0 aliphatic carbocycles. The molecule has 22 heavy (non-hydrogen) atoms. The molecule has 3 rings (SSSR count). The van der Waals surface area contributed by atoms with E-state index in [2.05, 4.69) is 16.5 Å². The molecule has 7 nitrogen and oxygen atoms in total. The molecule has 0 radical (unpaired) electrons. The first-order valence-corrected chi connectivity index (χ1v) is 6.31. The zero-order chi connectivity index (χ0) is 15.7. The van der Waals surface area contributed by atoms with Gasteiger partial charge in [-0.05, 0) is 6.07 Å². The number of rotatable bonds is 4. The molecule has 2 heterocycles. The Kier molecular flexibility index (Phi) is 3.38. The van der Waals surface area contributed by atoms with Gasteiger partial charge in [-0.2, -0.15) is 9.97 Å². The second kappa shape index (κ2) is 5.36. The van der Waals surface area contributed by atoms with Gasteiger partial charge in [-0.15, -0.1) is 0 Å². The van der Waals surface area contributed by atoms with Crippen LogP contribution in [0.3, 0.4) is 0 Å². The minimum Gasteiger partial charge on any atom is -0.481 e. The minimum atomic E-state index is -0.523. The summed E-state index contributed by atoms with van der Waals surface area (Å²) in [5.41, 5.74) is 0.871. The van der Waals surface area contributed by atoms with Crippen LogP contribution < -0.4 is 14.2 Å². The third kappa shape index (κ3) is 2.32. The lowest BCUT2D eigenvalue weighted by Gasteiger charge is -2.09. The Hall–Kier alpha value is -3.09. The molecule has 7 heteroatoms. The zero-order valence-electron chi connectivity index (χ0n) is 12.0. The Morgan fingerprint density at radius 3 is 2.45 bits per heavy atom. The predicted octanol–water partition coefficient (Wildman–Crippen LogP) is 2.43. The Labute approximate surface area is 126 Å². The molecule has 0 atom stereocenters. The SMILES string of the molecule is C=C1OC(=O)c2c(Oc3nc(OC)cc(OC)n3)cccc21. The van der Waals surface area contributed by atoms with Crippen molar-refractivity contribution in [2.45, 2.75) is 0 Å². The second-order valence-electron chi connectivity index (χ2n) is 4.33. The van der Waals surface area contributed by atoms with Crippen molar-refractivity contribution in [2.24, 2.45) is 0 Å². The molecule has 0 amide bonds. The summed E-state index contributed by atoms with van der Waals surface area (Å²) in [7, 11) is 2.93. The highest BCUT2D eigenvalue weighted by Crippen LogP contribution is 2.36. The number of methoxy groups -OCH3 is 2. The fourth-order valence-corrected chi connectivity index (χ4v) is 2.01. The molecule has 1 aromatic carbocycles. The molecular formula is C15H12N2O5. The first-order valence-electron chi connectivity index (χ1n) is 6.31. The summed E-state index contributed by atoms with van der Waals surface area (Å²) in [5, 5.41) is 0. The van der Waals surface area contributed by atoms with Crippen LogP contribution in [-0.4, -0.2) is 30.2 Å². The normalized spacial score (nSPS) is 12.6. The Morgan fingerprint density at radius 1 is 1.14 bits per heavy atom. The largest absolute Gasteiger partial charge is 0.481 e. The van der Waals surface area contributed by atoms with Gasteiger partial charge in [0.05, 0.1) is 20.3 Å². The third-order valence-electron chi connectivity index (χ3n) is 3.02. The van der Waals surface area contributed by atoms with E-state index in [1.165, 1.54) is 20.3 Å². The number of nitrogens with zero attached hydrogens (tertiary/aromatic N) is 2. The van der Waals surface area contributed by atoms with Crippen LogP contribution in [0.1, 0.15) is 15.9 Å². The van der Waals surface area contributed by atoms with E-state index >= 15 is 0 Å². The molecule has 2 aromatic rings. The van der Waals surface area contributed by atoms with E-state index in [1.54, 1.807) is 18.2 Å². The Bertz CT molecular complexity index is 750. The summed E-state index contributed by atoms with van der Waals surface area (Å²) in [6, 6.07) is 6.57. The van der Waals surface area contributed by atoms with Gasteiger partial charge in [0.2, 0.25) is 11.8 Å². The number of fused-ring (bicyclic) bond motifs is 1. The molecule has 0 saturated carbocycles. The number of cyclic esters (lactones) is 1. The number of esters is 1. The predicted molar refractivity (Wildman–Crippen MR) is 76.1 cm³/mol. The van der Waals surface area contributed by atoms with Crippen LogP contribution in [0.25, 0.3) is 5.76 Å². The molecule has 112 valence electrons. The number of carbonyl (C=O) groups is 1. The van der Waals surface area contributed by atoms with Crippen molar-refractivity contribution in [3.05, 3.63) is 42.0 Å². The van der Waals surface area contributed by atoms with E-state index in [1.807, 2.05) is 0 Å². The van der Waals surface area contributed by atoms with E-state index in [0.717, 1.165) is 0 Å². The molecule has 1 aliphatic heterocycles.